The second-order valence-corrected chi connectivity index (χ2v) is 5.88. The van der Waals surface area contributed by atoms with Gasteiger partial charge >= 0.3 is 0 Å². The zero-order valence-corrected chi connectivity index (χ0v) is 11.7. The van der Waals surface area contributed by atoms with E-state index in [-0.39, 0.29) is 6.04 Å². The Morgan fingerprint density at radius 1 is 1.41 bits per heavy atom. The minimum absolute atomic E-state index is 0.181. The summed E-state index contributed by atoms with van der Waals surface area (Å²) in [6, 6.07) is 4.65. The smallest absolute Gasteiger partial charge is 0.157 e. The zero-order chi connectivity index (χ0) is 12.4. The number of aryl methyl sites for hydroxylation is 1. The van der Waals surface area contributed by atoms with Gasteiger partial charge in [0.05, 0.1) is 12.1 Å². The van der Waals surface area contributed by atoms with Crippen LogP contribution in [0.25, 0.3) is 0 Å². The predicted octanol–water partition coefficient (Wildman–Crippen LogP) is 3.37. The fourth-order valence-corrected chi connectivity index (χ4v) is 3.01. The summed E-state index contributed by atoms with van der Waals surface area (Å²) >= 11 is 1.81. The summed E-state index contributed by atoms with van der Waals surface area (Å²) < 4.78 is 5.60. The van der Waals surface area contributed by atoms with Gasteiger partial charge in [-0.3, -0.25) is 4.99 Å². The van der Waals surface area contributed by atoms with Crippen LogP contribution in [-0.4, -0.2) is 17.0 Å². The first-order chi connectivity index (χ1) is 8.06. The molecular formula is C13H20N2OS. The number of rotatable bonds is 3. The minimum Gasteiger partial charge on any atom is -0.464 e. The normalized spacial score (nSPS) is 21.7. The summed E-state index contributed by atoms with van der Waals surface area (Å²) in [7, 11) is 0. The standard InChI is InChI=1S/C13H20N2OS/c1-8(2)11-7-17-13(15-11)14-10(4)12-6-5-9(3)16-12/h5-6,8,10-11H,7H2,1-4H3,(H,14,15). The van der Waals surface area contributed by atoms with Crippen LogP contribution >= 0.6 is 11.8 Å². The van der Waals surface area contributed by atoms with E-state index in [2.05, 4.69) is 31.1 Å². The molecule has 1 aromatic rings. The van der Waals surface area contributed by atoms with Crippen molar-refractivity contribution in [3.63, 3.8) is 0 Å². The quantitative estimate of drug-likeness (QED) is 0.896. The van der Waals surface area contributed by atoms with Crippen molar-refractivity contribution < 1.29 is 4.42 Å². The molecule has 0 spiro atoms. The Morgan fingerprint density at radius 2 is 2.18 bits per heavy atom. The molecule has 1 aliphatic rings. The molecule has 1 aromatic heterocycles. The van der Waals surface area contributed by atoms with Crippen LogP contribution in [0.5, 0.6) is 0 Å². The molecule has 0 radical (unpaired) electrons. The van der Waals surface area contributed by atoms with Crippen LogP contribution in [0, 0.1) is 12.8 Å². The van der Waals surface area contributed by atoms with E-state index in [1.807, 2.05) is 19.1 Å². The van der Waals surface area contributed by atoms with Gasteiger partial charge in [0.25, 0.3) is 0 Å². The van der Waals surface area contributed by atoms with Gasteiger partial charge in [-0.15, -0.1) is 0 Å². The van der Waals surface area contributed by atoms with Crippen LogP contribution in [0.3, 0.4) is 0 Å². The number of hydrogen-bond donors (Lipinski definition) is 1. The largest absolute Gasteiger partial charge is 0.464 e. The van der Waals surface area contributed by atoms with Crippen molar-refractivity contribution in [2.45, 2.75) is 39.8 Å². The van der Waals surface area contributed by atoms with Gasteiger partial charge in [0.15, 0.2) is 5.17 Å². The Morgan fingerprint density at radius 3 is 2.71 bits per heavy atom. The van der Waals surface area contributed by atoms with Gasteiger partial charge in [-0.05, 0) is 31.9 Å². The monoisotopic (exact) mass is 252 g/mol. The second-order valence-electron chi connectivity index (χ2n) is 4.87. The van der Waals surface area contributed by atoms with Gasteiger partial charge in [-0.2, -0.15) is 0 Å². The van der Waals surface area contributed by atoms with Gasteiger partial charge in [-0.1, -0.05) is 25.6 Å². The first-order valence-electron chi connectivity index (χ1n) is 6.09. The van der Waals surface area contributed by atoms with E-state index >= 15 is 0 Å². The molecule has 0 amide bonds. The van der Waals surface area contributed by atoms with E-state index < -0.39 is 0 Å². The number of aliphatic imine (C=N–C) groups is 1. The molecule has 1 N–H and O–H groups in total. The molecule has 2 heterocycles. The Kier molecular flexibility index (Phi) is 3.82. The summed E-state index contributed by atoms with van der Waals surface area (Å²) in [5, 5.41) is 4.46. The van der Waals surface area contributed by atoms with Gasteiger partial charge in [0.2, 0.25) is 0 Å². The summed E-state index contributed by atoms with van der Waals surface area (Å²) in [4.78, 5) is 4.69. The lowest BCUT2D eigenvalue weighted by molar-refractivity contribution is 0.443. The Hall–Kier alpha value is -0.900. The van der Waals surface area contributed by atoms with E-state index in [1.165, 1.54) is 0 Å². The Labute approximate surface area is 107 Å². The fourth-order valence-electron chi connectivity index (χ4n) is 1.75. The average molecular weight is 252 g/mol. The van der Waals surface area contributed by atoms with Gasteiger partial charge in [0, 0.05) is 5.75 Å². The van der Waals surface area contributed by atoms with Crippen molar-refractivity contribution >= 4 is 16.9 Å². The highest BCUT2D eigenvalue weighted by Gasteiger charge is 2.22. The molecule has 94 valence electrons. The summed E-state index contributed by atoms with van der Waals surface area (Å²) in [5.74, 6) is 3.63. The highest BCUT2D eigenvalue weighted by atomic mass is 32.2. The van der Waals surface area contributed by atoms with E-state index in [4.69, 9.17) is 4.42 Å². The third-order valence-electron chi connectivity index (χ3n) is 2.97. The molecule has 2 rings (SSSR count). The summed E-state index contributed by atoms with van der Waals surface area (Å²) in [6.45, 7) is 8.50. The fraction of sp³-hybridized carbons (Fsp3) is 0.615. The molecule has 1 aliphatic heterocycles. The molecule has 0 saturated carbocycles. The van der Waals surface area contributed by atoms with Crippen molar-refractivity contribution in [2.75, 3.05) is 5.75 Å². The molecular weight excluding hydrogens is 232 g/mol. The van der Waals surface area contributed by atoms with Crippen LogP contribution in [0.2, 0.25) is 0 Å². The van der Waals surface area contributed by atoms with Crippen LogP contribution in [0.4, 0.5) is 0 Å². The van der Waals surface area contributed by atoms with Gasteiger partial charge in [-0.25, -0.2) is 0 Å². The van der Waals surface area contributed by atoms with Crippen LogP contribution in [-0.2, 0) is 0 Å². The molecule has 0 bridgehead atoms. The lowest BCUT2D eigenvalue weighted by Crippen LogP contribution is -2.22. The highest BCUT2D eigenvalue weighted by molar-refractivity contribution is 8.14. The molecule has 0 aromatic carbocycles. The zero-order valence-electron chi connectivity index (χ0n) is 10.9. The number of nitrogens with zero attached hydrogens (tertiary/aromatic N) is 1. The van der Waals surface area contributed by atoms with E-state index in [9.17, 15) is 0 Å². The molecule has 0 aliphatic carbocycles. The van der Waals surface area contributed by atoms with Crippen LogP contribution in [0.1, 0.15) is 38.3 Å². The highest BCUT2D eigenvalue weighted by Crippen LogP contribution is 2.24. The first-order valence-corrected chi connectivity index (χ1v) is 7.08. The van der Waals surface area contributed by atoms with E-state index in [0.717, 1.165) is 22.4 Å². The maximum absolute atomic E-state index is 5.60. The second kappa shape index (κ2) is 5.17. The third-order valence-corrected chi connectivity index (χ3v) is 3.98. The number of furan rings is 1. The number of hydrogen-bond acceptors (Lipinski definition) is 4. The van der Waals surface area contributed by atoms with Crippen molar-refractivity contribution in [1.82, 2.24) is 5.32 Å². The predicted molar refractivity (Wildman–Crippen MR) is 73.5 cm³/mol. The maximum Gasteiger partial charge on any atom is 0.157 e. The number of thioether (sulfide) groups is 1. The minimum atomic E-state index is 0.181. The van der Waals surface area contributed by atoms with Crippen LogP contribution < -0.4 is 5.32 Å². The van der Waals surface area contributed by atoms with E-state index in [1.54, 1.807) is 11.8 Å². The molecule has 0 saturated heterocycles. The van der Waals surface area contributed by atoms with Crippen LogP contribution in [0.15, 0.2) is 21.5 Å². The summed E-state index contributed by atoms with van der Waals surface area (Å²) in [6.07, 6.45) is 0. The molecule has 3 nitrogen and oxygen atoms in total. The van der Waals surface area contributed by atoms with Gasteiger partial charge in [0.1, 0.15) is 11.5 Å². The average Bonchev–Trinajstić information content (AvgIpc) is 2.86. The topological polar surface area (TPSA) is 37.5 Å². The molecule has 4 heteroatoms. The van der Waals surface area contributed by atoms with Gasteiger partial charge < -0.3 is 9.73 Å². The first kappa shape index (κ1) is 12.6. The lowest BCUT2D eigenvalue weighted by Gasteiger charge is -2.11. The van der Waals surface area contributed by atoms with Crippen molar-refractivity contribution in [3.8, 4) is 0 Å². The molecule has 0 fully saturated rings. The lowest BCUT2D eigenvalue weighted by atomic mass is 10.1. The number of nitrogens with one attached hydrogen (secondary N) is 1. The summed E-state index contributed by atoms with van der Waals surface area (Å²) in [5.41, 5.74) is 0. The van der Waals surface area contributed by atoms with E-state index in [0.29, 0.717) is 12.0 Å². The maximum atomic E-state index is 5.60. The third kappa shape index (κ3) is 3.06. The Balaban J connectivity index is 1.96. The van der Waals surface area contributed by atoms with Crippen molar-refractivity contribution in [3.05, 3.63) is 23.7 Å². The number of amidine groups is 1. The Bertz CT molecular complexity index is 411. The van der Waals surface area contributed by atoms with Crippen molar-refractivity contribution in [1.29, 1.82) is 0 Å². The molecule has 2 unspecified atom stereocenters. The molecule has 2 atom stereocenters. The van der Waals surface area contributed by atoms with Crippen molar-refractivity contribution in [2.24, 2.45) is 10.9 Å². The molecule has 17 heavy (non-hydrogen) atoms. The SMILES string of the molecule is Cc1ccc(C(C)NC2=NC(C(C)C)CS2)o1.